The summed E-state index contributed by atoms with van der Waals surface area (Å²) in [4.78, 5) is 27.0. The van der Waals surface area contributed by atoms with Crippen molar-refractivity contribution in [3.05, 3.63) is 65.7 Å². The minimum Gasteiger partial charge on any atom is -0.506 e. The molecule has 0 atom stereocenters. The van der Waals surface area contributed by atoms with E-state index in [4.69, 9.17) is 11.6 Å². The van der Waals surface area contributed by atoms with Gasteiger partial charge in [-0.05, 0) is 42.5 Å². The molecule has 7 heteroatoms. The largest absolute Gasteiger partial charge is 0.506 e. The second kappa shape index (κ2) is 8.63. The zero-order valence-corrected chi connectivity index (χ0v) is 17.0. The number of nitrogens with one attached hydrogen (secondary N) is 2. The SMILES string of the molecule is O=C(Nc1cc(Cl)ccc1O)C1CCN(C(=O)Nc2cccc3ccccc23)CC1. The van der Waals surface area contributed by atoms with Crippen LogP contribution in [-0.2, 0) is 4.79 Å². The summed E-state index contributed by atoms with van der Waals surface area (Å²) in [6.07, 6.45) is 1.10. The molecule has 3 aromatic carbocycles. The van der Waals surface area contributed by atoms with E-state index in [1.54, 1.807) is 11.0 Å². The van der Waals surface area contributed by atoms with Gasteiger partial charge >= 0.3 is 6.03 Å². The molecular weight excluding hydrogens is 402 g/mol. The first-order valence-corrected chi connectivity index (χ1v) is 10.2. The number of fused-ring (bicyclic) bond motifs is 1. The average molecular weight is 424 g/mol. The summed E-state index contributed by atoms with van der Waals surface area (Å²) >= 11 is 5.93. The van der Waals surface area contributed by atoms with Crippen LogP contribution in [0.3, 0.4) is 0 Å². The lowest BCUT2D eigenvalue weighted by Gasteiger charge is -2.31. The molecule has 0 spiro atoms. The number of hydrogen-bond acceptors (Lipinski definition) is 3. The molecule has 3 amide bonds. The van der Waals surface area contributed by atoms with Crippen LogP contribution in [0.4, 0.5) is 16.2 Å². The van der Waals surface area contributed by atoms with Crippen LogP contribution in [0.25, 0.3) is 10.8 Å². The van der Waals surface area contributed by atoms with Crippen molar-refractivity contribution in [2.24, 2.45) is 5.92 Å². The first-order chi connectivity index (χ1) is 14.5. The van der Waals surface area contributed by atoms with Crippen molar-refractivity contribution >= 4 is 45.7 Å². The van der Waals surface area contributed by atoms with Crippen LogP contribution < -0.4 is 10.6 Å². The maximum atomic E-state index is 12.7. The highest BCUT2D eigenvalue weighted by Crippen LogP contribution is 2.29. The van der Waals surface area contributed by atoms with Crippen molar-refractivity contribution in [3.8, 4) is 5.75 Å². The van der Waals surface area contributed by atoms with Crippen molar-refractivity contribution < 1.29 is 14.7 Å². The molecular formula is C23H22ClN3O3. The fraction of sp³-hybridized carbons (Fsp3) is 0.217. The third kappa shape index (κ3) is 4.33. The smallest absolute Gasteiger partial charge is 0.321 e. The van der Waals surface area contributed by atoms with Gasteiger partial charge in [0.2, 0.25) is 5.91 Å². The number of hydrogen-bond donors (Lipinski definition) is 3. The van der Waals surface area contributed by atoms with Crippen molar-refractivity contribution in [1.82, 2.24) is 4.90 Å². The summed E-state index contributed by atoms with van der Waals surface area (Å²) in [6.45, 7) is 0.965. The number of benzene rings is 3. The molecule has 1 heterocycles. The van der Waals surface area contributed by atoms with Crippen molar-refractivity contribution in [2.45, 2.75) is 12.8 Å². The van der Waals surface area contributed by atoms with Gasteiger partial charge in [0.15, 0.2) is 0 Å². The molecule has 154 valence electrons. The van der Waals surface area contributed by atoms with Gasteiger partial charge in [-0.25, -0.2) is 4.79 Å². The van der Waals surface area contributed by atoms with Crippen LogP contribution in [0.15, 0.2) is 60.7 Å². The van der Waals surface area contributed by atoms with Gasteiger partial charge in [-0.2, -0.15) is 0 Å². The maximum absolute atomic E-state index is 12.7. The molecule has 4 rings (SSSR count). The summed E-state index contributed by atoms with van der Waals surface area (Å²) in [5.41, 5.74) is 1.07. The molecule has 0 aromatic heterocycles. The third-order valence-corrected chi connectivity index (χ3v) is 5.64. The second-order valence-electron chi connectivity index (χ2n) is 7.37. The van der Waals surface area contributed by atoms with Crippen molar-refractivity contribution in [2.75, 3.05) is 23.7 Å². The highest BCUT2D eigenvalue weighted by molar-refractivity contribution is 6.31. The number of carbonyl (C=O) groups excluding carboxylic acids is 2. The van der Waals surface area contributed by atoms with Gasteiger partial charge in [0.1, 0.15) is 5.75 Å². The molecule has 1 aliphatic rings. The topological polar surface area (TPSA) is 81.7 Å². The fourth-order valence-electron chi connectivity index (χ4n) is 3.72. The van der Waals surface area contributed by atoms with Gasteiger partial charge in [0, 0.05) is 29.4 Å². The Morgan fingerprint density at radius 2 is 1.67 bits per heavy atom. The van der Waals surface area contributed by atoms with E-state index in [1.165, 1.54) is 12.1 Å². The molecule has 0 radical (unpaired) electrons. The Morgan fingerprint density at radius 1 is 0.933 bits per heavy atom. The van der Waals surface area contributed by atoms with E-state index in [-0.39, 0.29) is 23.6 Å². The summed E-state index contributed by atoms with van der Waals surface area (Å²) in [5, 5.41) is 18.1. The van der Waals surface area contributed by atoms with Gasteiger partial charge in [-0.15, -0.1) is 0 Å². The molecule has 0 unspecified atom stereocenters. The molecule has 1 saturated heterocycles. The van der Waals surface area contributed by atoms with Gasteiger partial charge in [-0.1, -0.05) is 48.0 Å². The highest BCUT2D eigenvalue weighted by atomic mass is 35.5. The van der Waals surface area contributed by atoms with Gasteiger partial charge in [0.05, 0.1) is 11.4 Å². The molecule has 30 heavy (non-hydrogen) atoms. The number of aromatic hydroxyl groups is 1. The third-order valence-electron chi connectivity index (χ3n) is 5.40. The predicted molar refractivity (Wildman–Crippen MR) is 119 cm³/mol. The van der Waals surface area contributed by atoms with Crippen molar-refractivity contribution in [3.63, 3.8) is 0 Å². The van der Waals surface area contributed by atoms with Crippen LogP contribution in [-0.4, -0.2) is 35.0 Å². The number of phenols is 1. The van der Waals surface area contributed by atoms with Crippen LogP contribution in [0.1, 0.15) is 12.8 Å². The number of likely N-dealkylation sites (tertiary alicyclic amines) is 1. The summed E-state index contributed by atoms with van der Waals surface area (Å²) < 4.78 is 0. The van der Waals surface area contributed by atoms with Crippen molar-refractivity contribution in [1.29, 1.82) is 0 Å². The lowest BCUT2D eigenvalue weighted by atomic mass is 9.96. The zero-order chi connectivity index (χ0) is 21.1. The Bertz CT molecular complexity index is 1090. The lowest BCUT2D eigenvalue weighted by Crippen LogP contribution is -2.43. The van der Waals surface area contributed by atoms with Crippen LogP contribution >= 0.6 is 11.6 Å². The molecule has 0 saturated carbocycles. The number of urea groups is 1. The standard InChI is InChI=1S/C23H22ClN3O3/c24-17-8-9-21(28)20(14-17)25-22(29)16-10-12-27(13-11-16)23(30)26-19-7-3-5-15-4-1-2-6-18(15)19/h1-9,14,16,28H,10-13H2,(H,25,29)(H,26,30). The summed E-state index contributed by atoms with van der Waals surface area (Å²) in [5.74, 6) is -0.439. The van der Waals surface area contributed by atoms with Crippen LogP contribution in [0.2, 0.25) is 5.02 Å². The number of phenolic OH excluding ortho intramolecular Hbond substituents is 1. The number of piperidine rings is 1. The molecule has 1 aliphatic heterocycles. The molecule has 0 bridgehead atoms. The second-order valence-corrected chi connectivity index (χ2v) is 7.81. The normalized spacial score (nSPS) is 14.5. The number of amides is 3. The number of carbonyl (C=O) groups is 2. The minimum absolute atomic E-state index is 0.0281. The summed E-state index contributed by atoms with van der Waals surface area (Å²) in [7, 11) is 0. The predicted octanol–water partition coefficient (Wildman–Crippen LogP) is 5.08. The first-order valence-electron chi connectivity index (χ1n) is 9.84. The van der Waals surface area contributed by atoms with Crippen LogP contribution in [0, 0.1) is 5.92 Å². The lowest BCUT2D eigenvalue weighted by molar-refractivity contribution is -0.121. The average Bonchev–Trinajstić information content (AvgIpc) is 2.76. The molecule has 0 aliphatic carbocycles. The van der Waals surface area contributed by atoms with Gasteiger partial charge < -0.3 is 20.6 Å². The van der Waals surface area contributed by atoms with E-state index in [9.17, 15) is 14.7 Å². The van der Waals surface area contributed by atoms with Gasteiger partial charge in [-0.3, -0.25) is 4.79 Å². The number of halogens is 1. The quantitative estimate of drug-likeness (QED) is 0.514. The monoisotopic (exact) mass is 423 g/mol. The Hall–Kier alpha value is -3.25. The Kier molecular flexibility index (Phi) is 5.77. The fourth-order valence-corrected chi connectivity index (χ4v) is 3.89. The van der Waals surface area contributed by atoms with E-state index < -0.39 is 0 Å². The van der Waals surface area contributed by atoms with E-state index in [0.29, 0.717) is 36.6 Å². The molecule has 6 nitrogen and oxygen atoms in total. The van der Waals surface area contributed by atoms with E-state index in [2.05, 4.69) is 10.6 Å². The Morgan fingerprint density at radius 3 is 2.47 bits per heavy atom. The molecule has 1 fully saturated rings. The summed E-state index contributed by atoms with van der Waals surface area (Å²) in [6, 6.07) is 18.0. The Labute approximate surface area is 179 Å². The first kappa shape index (κ1) is 20.0. The highest BCUT2D eigenvalue weighted by Gasteiger charge is 2.28. The van der Waals surface area contributed by atoms with E-state index in [0.717, 1.165) is 16.5 Å². The Balaban J connectivity index is 1.35. The number of rotatable bonds is 3. The van der Waals surface area contributed by atoms with Crippen LogP contribution in [0.5, 0.6) is 5.75 Å². The number of anilines is 2. The number of nitrogens with zero attached hydrogens (tertiary/aromatic N) is 1. The maximum Gasteiger partial charge on any atom is 0.321 e. The van der Waals surface area contributed by atoms with Gasteiger partial charge in [0.25, 0.3) is 0 Å². The minimum atomic E-state index is -0.231. The zero-order valence-electron chi connectivity index (χ0n) is 16.3. The van der Waals surface area contributed by atoms with E-state index >= 15 is 0 Å². The molecule has 3 N–H and O–H groups in total. The molecule has 3 aromatic rings. The van der Waals surface area contributed by atoms with E-state index in [1.807, 2.05) is 42.5 Å².